The normalized spacial score (nSPS) is 22.9. The van der Waals surface area contributed by atoms with Gasteiger partial charge in [0.25, 0.3) is 5.56 Å². The maximum atomic E-state index is 13.1. The van der Waals surface area contributed by atoms with Crippen molar-refractivity contribution in [2.24, 2.45) is 7.05 Å². The van der Waals surface area contributed by atoms with Crippen molar-refractivity contribution in [3.63, 3.8) is 0 Å². The summed E-state index contributed by atoms with van der Waals surface area (Å²) in [5, 5.41) is 12.6. The Hall–Kier alpha value is -5.02. The number of pyridine rings is 1. The standard InChI is InChI=1S/C48H61N7O7/c1-30-27-55(46(58)62-47(3,4)5)31(2)26-54(30)34-18-21-53(22-19-34)45-50-40-16-13-32(39-28-52(6)44(57)42-37(39)17-20-49-42)24-38(40)43(51-45)48(61-36-14-15-36,33-10-9-11-35(56)25-33)29-60-41-12-7-8-23-59-41/h9-11,13,16-17,20,24-25,28,30-31,34,36,41,49,56H,7-8,12,14-15,18-19,21-23,26-27,29H2,1-6H3/t30-,31+,41?,48?/m0/s1. The van der Waals surface area contributed by atoms with Crippen LogP contribution in [0.25, 0.3) is 32.9 Å². The van der Waals surface area contributed by atoms with Gasteiger partial charge in [-0.3, -0.25) is 9.69 Å². The third kappa shape index (κ3) is 8.54. The summed E-state index contributed by atoms with van der Waals surface area (Å²) in [6, 6.07) is 16.0. The Bertz CT molecular complexity index is 2480. The number of phenolic OH excluding ortho intramolecular Hbond substituents is 1. The molecular weight excluding hydrogens is 787 g/mol. The summed E-state index contributed by atoms with van der Waals surface area (Å²) < 4.78 is 27.4. The van der Waals surface area contributed by atoms with Crippen LogP contribution in [0.1, 0.15) is 90.8 Å². The number of phenols is 1. The molecule has 3 aromatic heterocycles. The lowest BCUT2D eigenvalue weighted by Gasteiger charge is -2.49. The molecule has 1 amide bonds. The molecule has 2 unspecified atom stereocenters. The van der Waals surface area contributed by atoms with Gasteiger partial charge in [-0.15, -0.1) is 0 Å². The first-order chi connectivity index (χ1) is 29.8. The number of amides is 1. The topological polar surface area (TPSA) is 148 Å². The van der Waals surface area contributed by atoms with Crippen LogP contribution in [0.4, 0.5) is 10.7 Å². The highest BCUT2D eigenvalue weighted by molar-refractivity contribution is 5.97. The Balaban J connectivity index is 1.11. The summed E-state index contributed by atoms with van der Waals surface area (Å²) in [5.74, 6) is 0.736. The van der Waals surface area contributed by atoms with Gasteiger partial charge in [0.1, 0.15) is 16.9 Å². The second-order valence-electron chi connectivity index (χ2n) is 18.9. The van der Waals surface area contributed by atoms with Crippen molar-refractivity contribution in [1.29, 1.82) is 0 Å². The van der Waals surface area contributed by atoms with Crippen LogP contribution in [0.3, 0.4) is 0 Å². The van der Waals surface area contributed by atoms with Crippen molar-refractivity contribution in [3.8, 4) is 16.9 Å². The zero-order chi connectivity index (χ0) is 43.3. The largest absolute Gasteiger partial charge is 0.508 e. The molecule has 14 heteroatoms. The number of aromatic hydroxyl groups is 1. The van der Waals surface area contributed by atoms with Crippen molar-refractivity contribution in [1.82, 2.24) is 29.3 Å². The number of nitrogens with zero attached hydrogens (tertiary/aromatic N) is 6. The molecule has 0 spiro atoms. The van der Waals surface area contributed by atoms with Crippen molar-refractivity contribution < 1.29 is 28.8 Å². The number of ether oxygens (including phenoxy) is 4. The van der Waals surface area contributed by atoms with Gasteiger partial charge in [-0.2, -0.15) is 0 Å². The molecule has 330 valence electrons. The number of hydrogen-bond acceptors (Lipinski definition) is 11. The Morgan fingerprint density at radius 1 is 0.952 bits per heavy atom. The molecule has 1 aliphatic carbocycles. The molecule has 14 nitrogen and oxygen atoms in total. The number of fused-ring (bicyclic) bond motifs is 2. The van der Waals surface area contributed by atoms with Crippen LogP contribution < -0.4 is 10.5 Å². The van der Waals surface area contributed by atoms with E-state index in [-0.39, 0.29) is 42.2 Å². The van der Waals surface area contributed by atoms with Gasteiger partial charge in [-0.1, -0.05) is 18.2 Å². The number of H-pyrrole nitrogens is 1. The van der Waals surface area contributed by atoms with E-state index in [0.29, 0.717) is 36.4 Å². The van der Waals surface area contributed by atoms with E-state index in [2.05, 4.69) is 40.8 Å². The molecule has 3 saturated heterocycles. The number of anilines is 1. The second-order valence-corrected chi connectivity index (χ2v) is 18.9. The molecule has 2 aromatic carbocycles. The first kappa shape index (κ1) is 42.3. The van der Waals surface area contributed by atoms with E-state index < -0.39 is 17.5 Å². The summed E-state index contributed by atoms with van der Waals surface area (Å²) >= 11 is 0. The summed E-state index contributed by atoms with van der Waals surface area (Å²) in [6.07, 6.45) is 9.43. The lowest BCUT2D eigenvalue weighted by Crippen LogP contribution is -2.62. The number of hydrogen-bond donors (Lipinski definition) is 2. The molecular formula is C48H61N7O7. The van der Waals surface area contributed by atoms with Crippen LogP contribution >= 0.6 is 0 Å². The highest BCUT2D eigenvalue weighted by Gasteiger charge is 2.46. The predicted octanol–water partition coefficient (Wildman–Crippen LogP) is 7.45. The summed E-state index contributed by atoms with van der Waals surface area (Å²) in [6.45, 7) is 13.7. The number of piperazine rings is 1. The number of benzene rings is 2. The number of carbonyl (C=O) groups excluding carboxylic acids is 1. The van der Waals surface area contributed by atoms with Gasteiger partial charge in [-0.25, -0.2) is 14.8 Å². The highest BCUT2D eigenvalue weighted by atomic mass is 16.7. The van der Waals surface area contributed by atoms with E-state index in [4.69, 9.17) is 28.9 Å². The molecule has 9 rings (SSSR count). The third-order valence-electron chi connectivity index (χ3n) is 13.0. The van der Waals surface area contributed by atoms with Gasteiger partial charge in [-0.05, 0) is 121 Å². The number of nitrogens with one attached hydrogen (secondary N) is 1. The molecule has 0 bridgehead atoms. The van der Waals surface area contributed by atoms with Gasteiger partial charge in [0.2, 0.25) is 5.95 Å². The van der Waals surface area contributed by atoms with Gasteiger partial charge in [0, 0.05) is 86.7 Å². The van der Waals surface area contributed by atoms with Crippen molar-refractivity contribution >= 4 is 33.8 Å². The third-order valence-corrected chi connectivity index (χ3v) is 13.0. The second kappa shape index (κ2) is 16.9. The van der Waals surface area contributed by atoms with Gasteiger partial charge >= 0.3 is 6.09 Å². The van der Waals surface area contributed by atoms with Crippen LogP contribution in [0, 0.1) is 0 Å². The zero-order valence-electron chi connectivity index (χ0n) is 36.9. The zero-order valence-corrected chi connectivity index (χ0v) is 36.9. The average Bonchev–Trinajstić information content (AvgIpc) is 3.94. The maximum Gasteiger partial charge on any atom is 0.410 e. The number of aromatic nitrogens is 4. The number of aromatic amines is 1. The number of rotatable bonds is 10. The fourth-order valence-corrected chi connectivity index (χ4v) is 9.59. The highest BCUT2D eigenvalue weighted by Crippen LogP contribution is 2.45. The molecule has 2 N–H and O–H groups in total. The quantitative estimate of drug-likeness (QED) is 0.145. The Kier molecular flexibility index (Phi) is 11.5. The lowest BCUT2D eigenvalue weighted by atomic mass is 9.87. The van der Waals surface area contributed by atoms with E-state index in [1.165, 1.54) is 0 Å². The van der Waals surface area contributed by atoms with Crippen LogP contribution in [-0.2, 0) is 31.6 Å². The first-order valence-electron chi connectivity index (χ1n) is 22.5. The molecule has 4 fully saturated rings. The van der Waals surface area contributed by atoms with Gasteiger partial charge in [0.05, 0.1) is 23.9 Å². The molecule has 6 heterocycles. The van der Waals surface area contributed by atoms with Crippen LogP contribution in [0.5, 0.6) is 5.75 Å². The Morgan fingerprint density at radius 3 is 2.48 bits per heavy atom. The summed E-state index contributed by atoms with van der Waals surface area (Å²) in [7, 11) is 1.77. The fraction of sp³-hybridized carbons (Fsp3) is 0.542. The van der Waals surface area contributed by atoms with Crippen LogP contribution in [0.2, 0.25) is 0 Å². The maximum absolute atomic E-state index is 13.1. The number of carbonyl (C=O) groups is 1. The van der Waals surface area contributed by atoms with E-state index >= 15 is 0 Å². The molecule has 1 saturated carbocycles. The average molecular weight is 848 g/mol. The van der Waals surface area contributed by atoms with E-state index in [9.17, 15) is 14.7 Å². The minimum absolute atomic E-state index is 0.0242. The lowest BCUT2D eigenvalue weighted by molar-refractivity contribution is -0.197. The predicted molar refractivity (Wildman–Crippen MR) is 238 cm³/mol. The van der Waals surface area contributed by atoms with Crippen molar-refractivity contribution in [2.75, 3.05) is 44.3 Å². The van der Waals surface area contributed by atoms with Crippen molar-refractivity contribution in [3.05, 3.63) is 82.5 Å². The van der Waals surface area contributed by atoms with Gasteiger partial charge in [0.15, 0.2) is 11.9 Å². The Labute approximate surface area is 363 Å². The summed E-state index contributed by atoms with van der Waals surface area (Å²) in [4.78, 5) is 46.9. The van der Waals surface area contributed by atoms with E-state index in [1.807, 2.05) is 56.1 Å². The molecule has 4 atom stereocenters. The van der Waals surface area contributed by atoms with Gasteiger partial charge < -0.3 is 43.4 Å². The van der Waals surface area contributed by atoms with Crippen LogP contribution in [-0.4, -0.2) is 116 Å². The molecule has 3 aliphatic heterocycles. The minimum Gasteiger partial charge on any atom is -0.508 e. The number of aryl methyl sites for hydroxylation is 1. The van der Waals surface area contributed by atoms with Crippen molar-refractivity contribution in [2.45, 2.75) is 121 Å². The molecule has 62 heavy (non-hydrogen) atoms. The first-order valence-corrected chi connectivity index (χ1v) is 22.5. The Morgan fingerprint density at radius 2 is 1.76 bits per heavy atom. The fourth-order valence-electron chi connectivity index (χ4n) is 9.59. The van der Waals surface area contributed by atoms with E-state index in [1.54, 1.807) is 29.9 Å². The monoisotopic (exact) mass is 847 g/mol. The molecule has 4 aliphatic rings. The smallest absolute Gasteiger partial charge is 0.410 e. The SMILES string of the molecule is C[C@@H]1CN(C2CCN(c3nc(C(COC4CCCCO4)(OC4CC4)c4cccc(O)c4)c4cc(-c5cn(C)c(=O)c6[nH]ccc56)ccc4n3)CC2)[C@@H](C)CN1C(=O)OC(C)(C)C. The minimum atomic E-state index is -1.24. The van der Waals surface area contributed by atoms with Crippen LogP contribution in [0.15, 0.2) is 65.7 Å². The molecule has 0 radical (unpaired) electrons. The molecule has 5 aromatic rings. The summed E-state index contributed by atoms with van der Waals surface area (Å²) in [5.41, 5.74) is 2.62. The van der Waals surface area contributed by atoms with E-state index in [0.717, 1.165) is 97.6 Å². The number of piperidine rings is 1.